The van der Waals surface area contributed by atoms with Crippen molar-refractivity contribution in [3.05, 3.63) is 52.3 Å². The molecule has 0 radical (unpaired) electrons. The van der Waals surface area contributed by atoms with E-state index in [0.717, 1.165) is 21.6 Å². The molecule has 0 fully saturated rings. The standard InChI is InChI=1S/C22H19F3N8O4S/c1-4-27-19(34)30-16-6-13(18-29-15(10-38-18)22(23,24)25)14(9-28-16)11-5-12(8-26-7-11)17-31-33(21(36)37-17)20(35)32(2)3/h5-10H,4H2,1-3H3,(H2,27,28,30,34). The molecule has 0 bridgehead atoms. The SMILES string of the molecule is CCNC(=O)Nc1cc(-c2nc(C(F)(F)F)cs2)c(-c2cncc(-c3nn(C(=O)N(C)C)c(=O)o3)c2)cn1. The van der Waals surface area contributed by atoms with Crippen LogP contribution in [0.25, 0.3) is 33.2 Å². The minimum Gasteiger partial charge on any atom is -0.387 e. The van der Waals surface area contributed by atoms with Crippen molar-refractivity contribution in [1.29, 1.82) is 0 Å². The van der Waals surface area contributed by atoms with Crippen LogP contribution in [0.4, 0.5) is 28.6 Å². The summed E-state index contributed by atoms with van der Waals surface area (Å²) in [6.45, 7) is 2.07. The van der Waals surface area contributed by atoms with Crippen LogP contribution < -0.4 is 16.4 Å². The van der Waals surface area contributed by atoms with Crippen molar-refractivity contribution >= 4 is 29.2 Å². The van der Waals surface area contributed by atoms with Gasteiger partial charge in [-0.25, -0.2) is 24.4 Å². The molecule has 38 heavy (non-hydrogen) atoms. The number of carbonyl (C=O) groups is 2. The molecule has 0 aliphatic rings. The van der Waals surface area contributed by atoms with E-state index in [4.69, 9.17) is 4.42 Å². The van der Waals surface area contributed by atoms with Gasteiger partial charge in [0.15, 0.2) is 5.69 Å². The van der Waals surface area contributed by atoms with Gasteiger partial charge in [0.1, 0.15) is 10.8 Å². The molecule has 16 heteroatoms. The summed E-state index contributed by atoms with van der Waals surface area (Å²) in [5.74, 6) is -1.12. The number of urea groups is 1. The van der Waals surface area contributed by atoms with Crippen molar-refractivity contribution in [2.75, 3.05) is 26.0 Å². The zero-order valence-electron chi connectivity index (χ0n) is 20.0. The summed E-state index contributed by atoms with van der Waals surface area (Å²) >= 11 is 0.763. The highest BCUT2D eigenvalue weighted by molar-refractivity contribution is 7.13. The fraction of sp³-hybridized carbons (Fsp3) is 0.227. The fourth-order valence-corrected chi connectivity index (χ4v) is 4.05. The fourth-order valence-electron chi connectivity index (χ4n) is 3.19. The number of aromatic nitrogens is 5. The van der Waals surface area contributed by atoms with E-state index in [0.29, 0.717) is 22.4 Å². The highest BCUT2D eigenvalue weighted by Gasteiger charge is 2.34. The average Bonchev–Trinajstić information content (AvgIpc) is 3.51. The monoisotopic (exact) mass is 548 g/mol. The van der Waals surface area contributed by atoms with Crippen LogP contribution in [0.5, 0.6) is 0 Å². The third kappa shape index (κ3) is 5.54. The smallest absolute Gasteiger partial charge is 0.387 e. The topological polar surface area (TPSA) is 148 Å². The van der Waals surface area contributed by atoms with Gasteiger partial charge < -0.3 is 14.6 Å². The number of nitrogens with one attached hydrogen (secondary N) is 2. The first-order valence-electron chi connectivity index (χ1n) is 10.8. The molecule has 2 N–H and O–H groups in total. The first kappa shape index (κ1) is 26.5. The first-order chi connectivity index (χ1) is 18.0. The molecule has 198 valence electrons. The minimum atomic E-state index is -4.65. The molecular weight excluding hydrogens is 529 g/mol. The number of pyridine rings is 2. The maximum absolute atomic E-state index is 13.2. The van der Waals surface area contributed by atoms with Gasteiger partial charge in [-0.1, -0.05) is 0 Å². The third-order valence-electron chi connectivity index (χ3n) is 4.92. The van der Waals surface area contributed by atoms with Gasteiger partial charge in [-0.05, 0) is 19.1 Å². The summed E-state index contributed by atoms with van der Waals surface area (Å²) in [5.41, 5.74) is 0.0873. The molecule has 0 atom stereocenters. The number of halogens is 3. The predicted molar refractivity (Wildman–Crippen MR) is 131 cm³/mol. The van der Waals surface area contributed by atoms with Crippen LogP contribution in [0.15, 0.2) is 45.3 Å². The molecule has 12 nitrogen and oxygen atoms in total. The molecule has 0 unspecified atom stereocenters. The second-order valence-electron chi connectivity index (χ2n) is 7.86. The Morgan fingerprint density at radius 3 is 2.53 bits per heavy atom. The Hall–Kier alpha value is -4.60. The Morgan fingerprint density at radius 1 is 1.13 bits per heavy atom. The molecule has 0 spiro atoms. The Morgan fingerprint density at radius 2 is 1.87 bits per heavy atom. The zero-order chi connectivity index (χ0) is 27.6. The van der Waals surface area contributed by atoms with Crippen LogP contribution in [0.1, 0.15) is 12.6 Å². The summed E-state index contributed by atoms with van der Waals surface area (Å²) in [6.07, 6.45) is -0.551. The number of carbonyl (C=O) groups excluding carboxylic acids is 2. The number of hydrogen-bond acceptors (Lipinski definition) is 9. The molecular formula is C22H19F3N8O4S. The van der Waals surface area contributed by atoms with Crippen LogP contribution >= 0.6 is 11.3 Å². The highest BCUT2D eigenvalue weighted by Crippen LogP contribution is 2.38. The second kappa shape index (κ2) is 10.4. The van der Waals surface area contributed by atoms with E-state index < -0.39 is 29.7 Å². The quantitative estimate of drug-likeness (QED) is 0.383. The van der Waals surface area contributed by atoms with Crippen molar-refractivity contribution in [2.24, 2.45) is 0 Å². The molecule has 0 saturated heterocycles. The van der Waals surface area contributed by atoms with Crippen molar-refractivity contribution in [2.45, 2.75) is 13.1 Å². The molecule has 0 aliphatic carbocycles. The van der Waals surface area contributed by atoms with E-state index in [-0.39, 0.29) is 27.8 Å². The minimum absolute atomic E-state index is 0.0199. The molecule has 4 aromatic rings. The van der Waals surface area contributed by atoms with Gasteiger partial charge in [0.2, 0.25) is 0 Å². The Balaban J connectivity index is 1.80. The molecule has 0 saturated carbocycles. The molecule has 4 rings (SSSR count). The molecule has 0 aromatic carbocycles. The van der Waals surface area contributed by atoms with Crippen LogP contribution in [0.3, 0.4) is 0 Å². The van der Waals surface area contributed by atoms with Gasteiger partial charge in [0.25, 0.3) is 5.89 Å². The zero-order valence-corrected chi connectivity index (χ0v) is 20.8. The second-order valence-corrected chi connectivity index (χ2v) is 8.72. The van der Waals surface area contributed by atoms with Gasteiger partial charge in [0.05, 0.1) is 5.56 Å². The maximum atomic E-state index is 13.2. The van der Waals surface area contributed by atoms with Crippen molar-refractivity contribution in [3.63, 3.8) is 0 Å². The normalized spacial score (nSPS) is 11.3. The molecule has 4 heterocycles. The Kier molecular flexibility index (Phi) is 7.25. The van der Waals surface area contributed by atoms with Crippen molar-refractivity contribution < 1.29 is 27.2 Å². The number of hydrogen-bond donors (Lipinski definition) is 2. The highest BCUT2D eigenvalue weighted by atomic mass is 32.1. The van der Waals surface area contributed by atoms with Crippen molar-refractivity contribution in [3.8, 4) is 33.2 Å². The van der Waals surface area contributed by atoms with Gasteiger partial charge in [0, 0.05) is 61.3 Å². The lowest BCUT2D eigenvalue weighted by Crippen LogP contribution is -2.34. The molecule has 4 aromatic heterocycles. The maximum Gasteiger partial charge on any atom is 0.446 e. The third-order valence-corrected chi connectivity index (χ3v) is 5.79. The van der Waals surface area contributed by atoms with Gasteiger partial charge in [-0.2, -0.15) is 13.2 Å². The predicted octanol–water partition coefficient (Wildman–Crippen LogP) is 3.77. The summed E-state index contributed by atoms with van der Waals surface area (Å²) in [7, 11) is 2.88. The number of alkyl halides is 3. The van der Waals surface area contributed by atoms with Crippen LogP contribution in [-0.2, 0) is 6.18 Å². The van der Waals surface area contributed by atoms with E-state index in [9.17, 15) is 27.6 Å². The van der Waals surface area contributed by atoms with Crippen LogP contribution in [0.2, 0.25) is 0 Å². The van der Waals surface area contributed by atoms with E-state index >= 15 is 0 Å². The number of rotatable bonds is 5. The summed E-state index contributed by atoms with van der Waals surface area (Å²) in [4.78, 5) is 49.4. The average molecular weight is 549 g/mol. The van der Waals surface area contributed by atoms with Crippen molar-refractivity contribution in [1.82, 2.24) is 34.9 Å². The lowest BCUT2D eigenvalue weighted by atomic mass is 10.0. The molecule has 0 aliphatic heterocycles. The van der Waals surface area contributed by atoms with Gasteiger partial charge in [-0.15, -0.1) is 21.1 Å². The van der Waals surface area contributed by atoms with E-state index in [1.165, 1.54) is 44.8 Å². The van der Waals surface area contributed by atoms with Gasteiger partial charge in [-0.3, -0.25) is 10.3 Å². The molecule has 3 amide bonds. The summed E-state index contributed by atoms with van der Waals surface area (Å²) in [6, 6.07) is 1.63. The Labute approximate surface area is 216 Å². The first-order valence-corrected chi connectivity index (χ1v) is 11.7. The summed E-state index contributed by atoms with van der Waals surface area (Å²) < 4.78 is 45.4. The van der Waals surface area contributed by atoms with Crippen LogP contribution in [0, 0.1) is 0 Å². The number of thiazole rings is 1. The van der Waals surface area contributed by atoms with Crippen LogP contribution in [-0.4, -0.2) is 62.3 Å². The lowest BCUT2D eigenvalue weighted by molar-refractivity contribution is -0.140. The van der Waals surface area contributed by atoms with E-state index in [2.05, 4.69) is 30.7 Å². The number of amides is 3. The number of anilines is 1. The Bertz CT molecular complexity index is 1560. The lowest BCUT2D eigenvalue weighted by Gasteiger charge is -2.11. The number of nitrogens with zero attached hydrogens (tertiary/aromatic N) is 6. The summed E-state index contributed by atoms with van der Waals surface area (Å²) in [5, 5.41) is 9.87. The largest absolute Gasteiger partial charge is 0.446 e. The van der Waals surface area contributed by atoms with Gasteiger partial charge >= 0.3 is 24.0 Å². The van der Waals surface area contributed by atoms with E-state index in [1.54, 1.807) is 6.92 Å². The van der Waals surface area contributed by atoms with E-state index in [1.807, 2.05) is 0 Å².